The van der Waals surface area contributed by atoms with Crippen molar-refractivity contribution in [3.8, 4) is 0 Å². The van der Waals surface area contributed by atoms with Gasteiger partial charge in [-0.1, -0.05) is 54.4 Å². The average molecular weight is 595 g/mol. The van der Waals surface area contributed by atoms with Gasteiger partial charge in [-0.15, -0.1) is 0 Å². The van der Waals surface area contributed by atoms with E-state index in [1.54, 1.807) is 49.4 Å². The van der Waals surface area contributed by atoms with Crippen molar-refractivity contribution in [3.63, 3.8) is 0 Å². The smallest absolute Gasteiger partial charge is 0.264 e. The Kier molecular flexibility index (Phi) is 10.4. The fourth-order valence-corrected chi connectivity index (χ4v) is 5.62. The van der Waals surface area contributed by atoms with E-state index in [4.69, 9.17) is 23.2 Å². The van der Waals surface area contributed by atoms with Gasteiger partial charge < -0.3 is 10.2 Å². The number of carbonyl (C=O) groups excluding carboxylic acids is 2. The van der Waals surface area contributed by atoms with Crippen LogP contribution in [0.2, 0.25) is 10.0 Å². The number of rotatable bonds is 11. The van der Waals surface area contributed by atoms with E-state index in [0.717, 1.165) is 28.6 Å². The Bertz CT molecular complexity index is 1410. The number of nitrogens with one attached hydrogen (secondary N) is 1. The zero-order valence-electron chi connectivity index (χ0n) is 21.8. The van der Waals surface area contributed by atoms with Gasteiger partial charge in [-0.05, 0) is 74.4 Å². The average Bonchev–Trinajstić information content (AvgIpc) is 2.91. The number of carbonyl (C=O) groups is 2. The topological polar surface area (TPSA) is 86.8 Å². The minimum absolute atomic E-state index is 0.0663. The lowest BCUT2D eigenvalue weighted by Gasteiger charge is -2.32. The van der Waals surface area contributed by atoms with Crippen LogP contribution in [0.15, 0.2) is 77.7 Å². The summed E-state index contributed by atoms with van der Waals surface area (Å²) in [5.74, 6) is -1.62. The number of sulfonamides is 1. The Morgan fingerprint density at radius 3 is 2.21 bits per heavy atom. The molecule has 0 aliphatic heterocycles. The van der Waals surface area contributed by atoms with E-state index in [0.29, 0.717) is 22.0 Å². The standard InChI is InChI=1S/C28H30Cl2FN3O4S/c1-4-19(2)32-28(36)20(3)33(17-21-10-11-22(29)16-26(21)30)27(35)18-34(24-8-6-5-7-9-24)39(37,38)25-14-12-23(31)13-15-25/h5-16,19-20H,4,17-18H2,1-3H3,(H,32,36)/t19-,20-/m1/s1. The minimum atomic E-state index is -4.28. The van der Waals surface area contributed by atoms with E-state index in [-0.39, 0.29) is 23.2 Å². The molecule has 0 unspecified atom stereocenters. The predicted molar refractivity (Wildman–Crippen MR) is 152 cm³/mol. The second-order valence-electron chi connectivity index (χ2n) is 9.05. The number of para-hydroxylation sites is 1. The quantitative estimate of drug-likeness (QED) is 0.311. The summed E-state index contributed by atoms with van der Waals surface area (Å²) in [4.78, 5) is 28.0. The lowest BCUT2D eigenvalue weighted by molar-refractivity contribution is -0.139. The second-order valence-corrected chi connectivity index (χ2v) is 11.8. The molecule has 208 valence electrons. The molecule has 0 aromatic heterocycles. The van der Waals surface area contributed by atoms with Gasteiger partial charge in [-0.2, -0.15) is 0 Å². The largest absolute Gasteiger partial charge is 0.352 e. The Morgan fingerprint density at radius 1 is 0.974 bits per heavy atom. The molecule has 0 saturated heterocycles. The SMILES string of the molecule is CC[C@@H](C)NC(=O)[C@@H](C)N(Cc1ccc(Cl)cc1Cl)C(=O)CN(c1ccccc1)S(=O)(=O)c1ccc(F)cc1. The van der Waals surface area contributed by atoms with Crippen LogP contribution in [0.5, 0.6) is 0 Å². The molecule has 0 aliphatic carbocycles. The first-order valence-corrected chi connectivity index (χ1v) is 14.5. The van der Waals surface area contributed by atoms with E-state index in [9.17, 15) is 22.4 Å². The molecule has 11 heteroatoms. The molecule has 39 heavy (non-hydrogen) atoms. The van der Waals surface area contributed by atoms with E-state index >= 15 is 0 Å². The third kappa shape index (κ3) is 7.71. The van der Waals surface area contributed by atoms with Crippen LogP contribution >= 0.6 is 23.2 Å². The molecule has 0 radical (unpaired) electrons. The van der Waals surface area contributed by atoms with Crippen LogP contribution in [0.25, 0.3) is 0 Å². The fraction of sp³-hybridized carbons (Fsp3) is 0.286. The summed E-state index contributed by atoms with van der Waals surface area (Å²) in [6, 6.07) is 16.1. The fourth-order valence-electron chi connectivity index (χ4n) is 3.74. The van der Waals surface area contributed by atoms with Crippen molar-refractivity contribution < 1.29 is 22.4 Å². The van der Waals surface area contributed by atoms with Gasteiger partial charge in [0.05, 0.1) is 10.6 Å². The van der Waals surface area contributed by atoms with Gasteiger partial charge in [0.25, 0.3) is 10.0 Å². The zero-order chi connectivity index (χ0) is 28.7. The molecule has 0 spiro atoms. The normalized spacial score (nSPS) is 12.9. The van der Waals surface area contributed by atoms with Gasteiger partial charge in [-0.25, -0.2) is 12.8 Å². The maximum atomic E-state index is 13.9. The lowest BCUT2D eigenvalue weighted by atomic mass is 10.1. The maximum absolute atomic E-state index is 13.9. The van der Waals surface area contributed by atoms with E-state index in [1.807, 2.05) is 13.8 Å². The first-order chi connectivity index (χ1) is 18.4. The molecule has 2 atom stereocenters. The summed E-state index contributed by atoms with van der Waals surface area (Å²) in [7, 11) is -4.28. The third-order valence-electron chi connectivity index (χ3n) is 6.25. The van der Waals surface area contributed by atoms with Crippen LogP contribution in [0.4, 0.5) is 10.1 Å². The molecule has 0 saturated carbocycles. The zero-order valence-corrected chi connectivity index (χ0v) is 24.1. The van der Waals surface area contributed by atoms with Crippen LogP contribution < -0.4 is 9.62 Å². The van der Waals surface area contributed by atoms with Crippen LogP contribution in [0.1, 0.15) is 32.8 Å². The second kappa shape index (κ2) is 13.3. The van der Waals surface area contributed by atoms with Crippen molar-refractivity contribution in [2.24, 2.45) is 0 Å². The Balaban J connectivity index is 2.02. The predicted octanol–water partition coefficient (Wildman–Crippen LogP) is 5.66. The van der Waals surface area contributed by atoms with Crippen LogP contribution in [0, 0.1) is 5.82 Å². The molecule has 2 amide bonds. The van der Waals surface area contributed by atoms with Gasteiger partial charge >= 0.3 is 0 Å². The van der Waals surface area contributed by atoms with Crippen molar-refractivity contribution >= 4 is 50.7 Å². The summed E-state index contributed by atoms with van der Waals surface area (Å²) in [6.07, 6.45) is 0.688. The van der Waals surface area contributed by atoms with E-state index in [2.05, 4.69) is 5.32 Å². The highest BCUT2D eigenvalue weighted by Crippen LogP contribution is 2.26. The Morgan fingerprint density at radius 2 is 1.62 bits per heavy atom. The van der Waals surface area contributed by atoms with Crippen LogP contribution in [-0.2, 0) is 26.2 Å². The van der Waals surface area contributed by atoms with Gasteiger partial charge in [0.1, 0.15) is 18.4 Å². The molecule has 3 rings (SSSR count). The first kappa shape index (κ1) is 30.4. The molecular formula is C28H30Cl2FN3O4S. The number of anilines is 1. The molecular weight excluding hydrogens is 564 g/mol. The summed E-state index contributed by atoms with van der Waals surface area (Å²) < 4.78 is 41.8. The third-order valence-corrected chi connectivity index (χ3v) is 8.62. The van der Waals surface area contributed by atoms with Gasteiger partial charge in [0.2, 0.25) is 11.8 Å². The Labute approximate surface area is 238 Å². The number of halogens is 3. The number of hydrogen-bond donors (Lipinski definition) is 1. The molecule has 1 N–H and O–H groups in total. The maximum Gasteiger partial charge on any atom is 0.264 e. The number of hydrogen-bond acceptors (Lipinski definition) is 4. The van der Waals surface area contributed by atoms with E-state index in [1.165, 1.54) is 11.0 Å². The van der Waals surface area contributed by atoms with Gasteiger partial charge in [-0.3, -0.25) is 13.9 Å². The van der Waals surface area contributed by atoms with Crippen molar-refractivity contribution in [1.82, 2.24) is 10.2 Å². The summed E-state index contributed by atoms with van der Waals surface area (Å²) in [5.41, 5.74) is 0.765. The number of nitrogens with zero attached hydrogens (tertiary/aromatic N) is 2. The molecule has 7 nitrogen and oxygen atoms in total. The highest BCUT2D eigenvalue weighted by molar-refractivity contribution is 7.92. The van der Waals surface area contributed by atoms with Crippen molar-refractivity contribution in [3.05, 3.63) is 94.2 Å². The van der Waals surface area contributed by atoms with Crippen LogP contribution in [-0.4, -0.2) is 43.8 Å². The molecule has 0 bridgehead atoms. The summed E-state index contributed by atoms with van der Waals surface area (Å²) in [5, 5.41) is 3.57. The highest BCUT2D eigenvalue weighted by Gasteiger charge is 2.33. The molecule has 0 aliphatic rings. The molecule has 3 aromatic carbocycles. The Hall–Kier alpha value is -3.14. The van der Waals surface area contributed by atoms with Crippen molar-refractivity contribution in [2.45, 2.75) is 50.7 Å². The van der Waals surface area contributed by atoms with Crippen molar-refractivity contribution in [2.75, 3.05) is 10.8 Å². The number of benzene rings is 3. The van der Waals surface area contributed by atoms with E-state index < -0.39 is 40.2 Å². The number of amides is 2. The first-order valence-electron chi connectivity index (χ1n) is 12.3. The molecule has 0 fully saturated rings. The minimum Gasteiger partial charge on any atom is -0.352 e. The monoisotopic (exact) mass is 593 g/mol. The van der Waals surface area contributed by atoms with Gasteiger partial charge in [0.15, 0.2) is 0 Å². The lowest BCUT2D eigenvalue weighted by Crippen LogP contribution is -2.52. The molecule has 3 aromatic rings. The van der Waals surface area contributed by atoms with Crippen LogP contribution in [0.3, 0.4) is 0 Å². The molecule has 0 heterocycles. The van der Waals surface area contributed by atoms with Crippen molar-refractivity contribution in [1.29, 1.82) is 0 Å². The summed E-state index contributed by atoms with van der Waals surface area (Å²) in [6.45, 7) is 4.66. The van der Waals surface area contributed by atoms with Gasteiger partial charge in [0, 0.05) is 22.6 Å². The highest BCUT2D eigenvalue weighted by atomic mass is 35.5. The summed E-state index contributed by atoms with van der Waals surface area (Å²) >= 11 is 12.4.